The van der Waals surface area contributed by atoms with E-state index in [1.54, 1.807) is 31.8 Å². The van der Waals surface area contributed by atoms with Gasteiger partial charge in [-0.1, -0.05) is 0 Å². The van der Waals surface area contributed by atoms with Crippen LogP contribution in [0, 0.1) is 11.8 Å². The summed E-state index contributed by atoms with van der Waals surface area (Å²) in [5.74, 6) is 0.999. The normalized spacial score (nSPS) is 19.3. The van der Waals surface area contributed by atoms with Crippen LogP contribution in [0.4, 0.5) is 4.39 Å². The van der Waals surface area contributed by atoms with Crippen LogP contribution in [-0.4, -0.2) is 57.7 Å². The van der Waals surface area contributed by atoms with Crippen LogP contribution in [0.2, 0.25) is 0 Å². The summed E-state index contributed by atoms with van der Waals surface area (Å²) in [6.07, 6.45) is 8.99. The first kappa shape index (κ1) is 25.9. The van der Waals surface area contributed by atoms with E-state index in [1.165, 1.54) is 0 Å². The Bertz CT molecular complexity index is 1130. The summed E-state index contributed by atoms with van der Waals surface area (Å²) in [6.45, 7) is 2.62. The molecule has 0 bridgehead atoms. The van der Waals surface area contributed by atoms with E-state index in [0.717, 1.165) is 62.0 Å². The number of carbonyl (C=O) groups is 1. The van der Waals surface area contributed by atoms with Crippen molar-refractivity contribution in [2.45, 2.75) is 51.1 Å². The molecule has 1 saturated heterocycles. The number of benzene rings is 1. The van der Waals surface area contributed by atoms with E-state index in [9.17, 15) is 9.90 Å². The molecule has 0 amide bonds. The number of ether oxygens (including phenoxy) is 1. The van der Waals surface area contributed by atoms with Crippen molar-refractivity contribution in [3.63, 3.8) is 0 Å². The Kier molecular flexibility index (Phi) is 9.17. The number of carboxylic acid groups (broad SMARTS) is 1. The molecule has 4 rings (SSSR count). The second kappa shape index (κ2) is 12.7. The second-order valence-electron chi connectivity index (χ2n) is 9.66. The van der Waals surface area contributed by atoms with Crippen LogP contribution in [0.1, 0.15) is 56.1 Å². The zero-order chi connectivity index (χ0) is 25.3. The van der Waals surface area contributed by atoms with Gasteiger partial charge in [0.1, 0.15) is 17.7 Å². The molecular formula is C28H35FN4O3. The largest absolute Gasteiger partial charge is 0.497 e. The number of fused-ring (bicyclic) bond motifs is 1. The van der Waals surface area contributed by atoms with E-state index in [1.807, 2.05) is 24.3 Å². The van der Waals surface area contributed by atoms with Gasteiger partial charge in [0.2, 0.25) is 0 Å². The van der Waals surface area contributed by atoms with E-state index in [2.05, 4.69) is 19.9 Å². The summed E-state index contributed by atoms with van der Waals surface area (Å²) >= 11 is 0. The van der Waals surface area contributed by atoms with E-state index in [4.69, 9.17) is 4.74 Å². The number of aliphatic carboxylic acids is 1. The molecule has 7 nitrogen and oxygen atoms in total. The first-order chi connectivity index (χ1) is 17.5. The van der Waals surface area contributed by atoms with Gasteiger partial charge in [-0.15, -0.1) is 0 Å². The summed E-state index contributed by atoms with van der Waals surface area (Å²) in [5.41, 5.74) is 1.36. The average molecular weight is 495 g/mol. The first-order valence-electron chi connectivity index (χ1n) is 12.8. The molecule has 0 saturated carbocycles. The van der Waals surface area contributed by atoms with Gasteiger partial charge in [0, 0.05) is 43.4 Å². The Morgan fingerprint density at radius 2 is 2.00 bits per heavy atom. The smallest absolute Gasteiger partial charge is 0.303 e. The third-order valence-electron chi connectivity index (χ3n) is 7.27. The molecule has 1 aliphatic heterocycles. The number of hydrogen-bond acceptors (Lipinski definition) is 6. The fourth-order valence-corrected chi connectivity index (χ4v) is 5.33. The minimum Gasteiger partial charge on any atom is -0.497 e. The molecule has 1 aliphatic rings. The van der Waals surface area contributed by atoms with Gasteiger partial charge in [-0.05, 0) is 92.9 Å². The SMILES string of the molecule is COc1ccc2nccc(C(F)CC[C@@H]3CCN(CCCCc4ncccn4)C[C@@H]3CC(=O)O)c2c1. The van der Waals surface area contributed by atoms with Crippen LogP contribution in [0.3, 0.4) is 0 Å². The number of likely N-dealkylation sites (tertiary alicyclic amines) is 1. The highest BCUT2D eigenvalue weighted by Crippen LogP contribution is 2.36. The zero-order valence-corrected chi connectivity index (χ0v) is 20.9. The maximum Gasteiger partial charge on any atom is 0.303 e. The van der Waals surface area contributed by atoms with E-state index < -0.39 is 12.1 Å². The molecule has 1 N–H and O–H groups in total. The molecular weight excluding hydrogens is 459 g/mol. The highest BCUT2D eigenvalue weighted by molar-refractivity contribution is 5.83. The second-order valence-corrected chi connectivity index (χ2v) is 9.66. The van der Waals surface area contributed by atoms with Crippen LogP contribution in [0.25, 0.3) is 10.9 Å². The number of carboxylic acids is 1. The number of methoxy groups -OCH3 is 1. The van der Waals surface area contributed by atoms with E-state index in [0.29, 0.717) is 24.2 Å². The Hall–Kier alpha value is -3.13. The number of unbranched alkanes of at least 4 members (excludes halogenated alkanes) is 1. The van der Waals surface area contributed by atoms with Gasteiger partial charge in [-0.3, -0.25) is 9.78 Å². The van der Waals surface area contributed by atoms with Gasteiger partial charge in [0.05, 0.1) is 12.6 Å². The molecule has 3 aromatic rings. The predicted octanol–water partition coefficient (Wildman–Crippen LogP) is 5.26. The molecule has 1 fully saturated rings. The topological polar surface area (TPSA) is 88.4 Å². The van der Waals surface area contributed by atoms with E-state index >= 15 is 4.39 Å². The summed E-state index contributed by atoms with van der Waals surface area (Å²) in [4.78, 5) is 26.8. The van der Waals surface area contributed by atoms with Crippen molar-refractivity contribution in [1.29, 1.82) is 0 Å². The number of aryl methyl sites for hydroxylation is 1. The standard InChI is InChI=1S/C28H35FN4O3/c1-36-22-7-9-26-24(18-22)23(10-14-30-26)25(29)8-6-20-11-16-33(19-21(20)17-28(34)35)15-3-2-5-27-31-12-4-13-32-27/h4,7,9-10,12-14,18,20-21,25H,2-3,5-6,8,11,15-17,19H2,1H3,(H,34,35)/t20-,21+,25?/m1/s1. The lowest BCUT2D eigenvalue weighted by molar-refractivity contribution is -0.139. The molecule has 3 atom stereocenters. The molecule has 1 unspecified atom stereocenters. The summed E-state index contributed by atoms with van der Waals surface area (Å²) in [6, 6.07) is 9.06. The van der Waals surface area contributed by atoms with Gasteiger partial charge in [-0.25, -0.2) is 14.4 Å². The molecule has 1 aromatic carbocycles. The predicted molar refractivity (Wildman–Crippen MR) is 137 cm³/mol. The molecule has 192 valence electrons. The number of hydrogen-bond donors (Lipinski definition) is 1. The first-order valence-corrected chi connectivity index (χ1v) is 12.8. The number of piperidine rings is 1. The number of pyridine rings is 1. The van der Waals surface area contributed by atoms with Crippen molar-refractivity contribution in [3.8, 4) is 5.75 Å². The minimum atomic E-state index is -1.13. The van der Waals surface area contributed by atoms with Crippen molar-refractivity contribution < 1.29 is 19.0 Å². The fourth-order valence-electron chi connectivity index (χ4n) is 5.33. The van der Waals surface area contributed by atoms with Crippen molar-refractivity contribution in [1.82, 2.24) is 19.9 Å². The summed E-state index contributed by atoms with van der Waals surface area (Å²) < 4.78 is 20.8. The third-order valence-corrected chi connectivity index (χ3v) is 7.27. The Balaban J connectivity index is 1.31. The van der Waals surface area contributed by atoms with Gasteiger partial charge < -0.3 is 14.7 Å². The highest BCUT2D eigenvalue weighted by atomic mass is 19.1. The Morgan fingerprint density at radius 1 is 1.17 bits per heavy atom. The van der Waals surface area contributed by atoms with Crippen molar-refractivity contribution >= 4 is 16.9 Å². The number of aromatic nitrogens is 3. The fraction of sp³-hybridized carbons (Fsp3) is 0.500. The molecule has 0 spiro atoms. The van der Waals surface area contributed by atoms with Crippen molar-refractivity contribution in [3.05, 3.63) is 60.3 Å². The van der Waals surface area contributed by atoms with Gasteiger partial charge in [0.25, 0.3) is 0 Å². The van der Waals surface area contributed by atoms with Crippen LogP contribution >= 0.6 is 0 Å². The lowest BCUT2D eigenvalue weighted by Gasteiger charge is -2.38. The van der Waals surface area contributed by atoms with Gasteiger partial charge in [0.15, 0.2) is 0 Å². The number of nitrogens with zero attached hydrogens (tertiary/aromatic N) is 4. The maximum absolute atomic E-state index is 15.5. The van der Waals surface area contributed by atoms with Crippen LogP contribution in [0.15, 0.2) is 48.9 Å². The molecule has 0 radical (unpaired) electrons. The van der Waals surface area contributed by atoms with Gasteiger partial charge in [-0.2, -0.15) is 0 Å². The molecule has 2 aromatic heterocycles. The van der Waals surface area contributed by atoms with Crippen LogP contribution in [-0.2, 0) is 11.2 Å². The summed E-state index contributed by atoms with van der Waals surface area (Å²) in [7, 11) is 1.59. The maximum atomic E-state index is 15.5. The lowest BCUT2D eigenvalue weighted by atomic mass is 9.79. The Morgan fingerprint density at radius 3 is 2.78 bits per heavy atom. The number of rotatable bonds is 12. The molecule has 36 heavy (non-hydrogen) atoms. The average Bonchev–Trinajstić information content (AvgIpc) is 2.90. The molecule has 3 heterocycles. The number of alkyl halides is 1. The highest BCUT2D eigenvalue weighted by Gasteiger charge is 2.31. The third kappa shape index (κ3) is 6.97. The zero-order valence-electron chi connectivity index (χ0n) is 20.9. The van der Waals surface area contributed by atoms with Gasteiger partial charge >= 0.3 is 5.97 Å². The number of halogens is 1. The molecule has 8 heteroatoms. The minimum absolute atomic E-state index is 0.0372. The van der Waals surface area contributed by atoms with Crippen molar-refractivity contribution in [2.75, 3.05) is 26.7 Å². The monoisotopic (exact) mass is 494 g/mol. The lowest BCUT2D eigenvalue weighted by Crippen LogP contribution is -2.41. The quantitative estimate of drug-likeness (QED) is 0.344. The van der Waals surface area contributed by atoms with Crippen LogP contribution < -0.4 is 4.74 Å². The Labute approximate surface area is 211 Å². The van der Waals surface area contributed by atoms with E-state index in [-0.39, 0.29) is 18.3 Å². The summed E-state index contributed by atoms with van der Waals surface area (Å²) in [5, 5.41) is 10.3. The molecule has 0 aliphatic carbocycles. The van der Waals surface area contributed by atoms with Crippen molar-refractivity contribution in [2.24, 2.45) is 11.8 Å². The van der Waals surface area contributed by atoms with Crippen LogP contribution in [0.5, 0.6) is 5.75 Å².